The summed E-state index contributed by atoms with van der Waals surface area (Å²) in [5.41, 5.74) is 1.24. The van der Waals surface area contributed by atoms with E-state index >= 15 is 0 Å². The zero-order valence-electron chi connectivity index (χ0n) is 10.8. The van der Waals surface area contributed by atoms with Crippen molar-refractivity contribution in [3.63, 3.8) is 0 Å². The number of nitrogens with zero attached hydrogens (tertiary/aromatic N) is 1. The maximum atomic E-state index is 12.8. The van der Waals surface area contributed by atoms with Gasteiger partial charge in [-0.15, -0.1) is 0 Å². The Morgan fingerprint density at radius 1 is 1.12 bits per heavy atom. The second kappa shape index (κ2) is 5.55. The fraction of sp³-hybridized carbons (Fsp3) is 0.833. The molecule has 0 aromatic carbocycles. The van der Waals surface area contributed by atoms with Crippen molar-refractivity contribution < 1.29 is 13.6 Å². The van der Waals surface area contributed by atoms with Crippen LogP contribution in [-0.2, 0) is 13.6 Å². The molecule has 0 N–H and O–H groups in total. The Labute approximate surface area is 104 Å². The summed E-state index contributed by atoms with van der Waals surface area (Å²) in [5, 5.41) is 0.949. The summed E-state index contributed by atoms with van der Waals surface area (Å²) in [7, 11) is -3.03. The largest absolute Gasteiger partial charge is 0.374 e. The van der Waals surface area contributed by atoms with Crippen molar-refractivity contribution in [3.8, 4) is 0 Å². The molecule has 5 heteroatoms. The summed E-state index contributed by atoms with van der Waals surface area (Å²) in [6.07, 6.45) is 4.11. The smallest absolute Gasteiger partial charge is 0.359 e. The van der Waals surface area contributed by atoms with Crippen LogP contribution in [0.1, 0.15) is 39.5 Å². The minimum Gasteiger partial charge on any atom is -0.374 e. The van der Waals surface area contributed by atoms with Gasteiger partial charge < -0.3 is 13.9 Å². The first-order valence-corrected chi connectivity index (χ1v) is 8.12. The Morgan fingerprint density at radius 3 is 2.29 bits per heavy atom. The lowest BCUT2D eigenvalue weighted by atomic mass is 10.1. The zero-order chi connectivity index (χ0) is 12.3. The van der Waals surface area contributed by atoms with E-state index in [1.807, 2.05) is 13.8 Å². The van der Waals surface area contributed by atoms with Gasteiger partial charge in [-0.1, -0.05) is 0 Å². The molecule has 1 saturated heterocycles. The lowest BCUT2D eigenvalue weighted by molar-refractivity contribution is 0.222. The molecule has 0 atom stereocenters. The number of rotatable bonds is 5. The monoisotopic (exact) mass is 259 g/mol. The highest BCUT2D eigenvalue weighted by Crippen LogP contribution is 2.60. The molecular weight excluding hydrogens is 237 g/mol. The molecular formula is C12H22NO3P. The van der Waals surface area contributed by atoms with Gasteiger partial charge in [-0.25, -0.2) is 0 Å². The van der Waals surface area contributed by atoms with E-state index in [0.717, 1.165) is 44.1 Å². The molecule has 4 nitrogen and oxygen atoms in total. The topological polar surface area (TPSA) is 38.8 Å². The lowest BCUT2D eigenvalue weighted by Gasteiger charge is -2.31. The van der Waals surface area contributed by atoms with E-state index in [-0.39, 0.29) is 0 Å². The van der Waals surface area contributed by atoms with Crippen LogP contribution in [0, 0.1) is 0 Å². The van der Waals surface area contributed by atoms with Gasteiger partial charge in [0, 0.05) is 18.8 Å². The van der Waals surface area contributed by atoms with E-state index in [0.29, 0.717) is 13.2 Å². The first-order valence-electron chi connectivity index (χ1n) is 6.58. The maximum Gasteiger partial charge on any atom is 0.359 e. The molecule has 2 heterocycles. The van der Waals surface area contributed by atoms with Gasteiger partial charge in [0.05, 0.1) is 18.5 Å². The van der Waals surface area contributed by atoms with Gasteiger partial charge in [0.1, 0.15) is 0 Å². The predicted octanol–water partition coefficient (Wildman–Crippen LogP) is 3.35. The normalized spacial score (nSPS) is 20.9. The van der Waals surface area contributed by atoms with Crippen molar-refractivity contribution in [1.29, 1.82) is 0 Å². The summed E-state index contributed by atoms with van der Waals surface area (Å²) in [6.45, 7) is 6.80. The minimum absolute atomic E-state index is 0.439. The van der Waals surface area contributed by atoms with Gasteiger partial charge in [0.25, 0.3) is 0 Å². The van der Waals surface area contributed by atoms with Crippen LogP contribution in [0.4, 0.5) is 0 Å². The highest BCUT2D eigenvalue weighted by atomic mass is 31.2. The third-order valence-electron chi connectivity index (χ3n) is 3.33. The Balaban J connectivity index is 2.31. The van der Waals surface area contributed by atoms with E-state index in [1.165, 1.54) is 5.70 Å². The number of fused-ring (bicyclic) bond motifs is 1. The lowest BCUT2D eigenvalue weighted by Crippen LogP contribution is -2.24. The van der Waals surface area contributed by atoms with Crippen LogP contribution in [0.25, 0.3) is 0 Å². The van der Waals surface area contributed by atoms with E-state index in [1.54, 1.807) is 0 Å². The quantitative estimate of drug-likeness (QED) is 0.710. The standard InChI is InChI=1S/C12H22NO3P/c1-3-15-17(14,16-4-2)12-8-6-10-13-9-5-7-11(12)13/h3-10H2,1-2H3. The van der Waals surface area contributed by atoms with E-state index in [2.05, 4.69) is 4.90 Å². The summed E-state index contributed by atoms with van der Waals surface area (Å²) >= 11 is 0. The van der Waals surface area contributed by atoms with Crippen LogP contribution >= 0.6 is 7.60 Å². The summed E-state index contributed by atoms with van der Waals surface area (Å²) in [6, 6.07) is 0. The Bertz CT molecular complexity index is 344. The van der Waals surface area contributed by atoms with E-state index in [4.69, 9.17) is 9.05 Å². The number of hydrogen-bond acceptors (Lipinski definition) is 4. The molecule has 17 heavy (non-hydrogen) atoms. The SMILES string of the molecule is CCOP(=O)(OCC)C1=C2CCCN2CCC1. The van der Waals surface area contributed by atoms with E-state index in [9.17, 15) is 4.57 Å². The molecule has 0 spiro atoms. The molecule has 0 bridgehead atoms. The van der Waals surface area contributed by atoms with Crippen LogP contribution in [0.3, 0.4) is 0 Å². The summed E-state index contributed by atoms with van der Waals surface area (Å²) in [5.74, 6) is 0. The fourth-order valence-corrected chi connectivity index (χ4v) is 4.78. The highest BCUT2D eigenvalue weighted by molar-refractivity contribution is 7.58. The van der Waals surface area contributed by atoms with Crippen molar-refractivity contribution in [1.82, 2.24) is 4.90 Å². The fourth-order valence-electron chi connectivity index (χ4n) is 2.71. The number of allylic oxidation sites excluding steroid dienone is 2. The molecule has 98 valence electrons. The van der Waals surface area contributed by atoms with Crippen LogP contribution in [0.5, 0.6) is 0 Å². The molecule has 1 fully saturated rings. The van der Waals surface area contributed by atoms with Crippen molar-refractivity contribution in [2.24, 2.45) is 0 Å². The first-order chi connectivity index (χ1) is 8.21. The van der Waals surface area contributed by atoms with E-state index < -0.39 is 7.60 Å². The summed E-state index contributed by atoms with van der Waals surface area (Å²) < 4.78 is 23.7. The zero-order valence-corrected chi connectivity index (χ0v) is 11.7. The molecule has 2 rings (SSSR count). The van der Waals surface area contributed by atoms with Crippen molar-refractivity contribution in [2.75, 3.05) is 26.3 Å². The minimum atomic E-state index is -3.03. The Hall–Kier alpha value is -0.310. The molecule has 0 aromatic rings. The Morgan fingerprint density at radius 2 is 1.71 bits per heavy atom. The van der Waals surface area contributed by atoms with Crippen LogP contribution in [0.15, 0.2) is 11.0 Å². The average molecular weight is 259 g/mol. The van der Waals surface area contributed by atoms with Gasteiger partial charge in [-0.05, 0) is 39.5 Å². The van der Waals surface area contributed by atoms with Crippen molar-refractivity contribution in [3.05, 3.63) is 11.0 Å². The predicted molar refractivity (Wildman–Crippen MR) is 67.9 cm³/mol. The molecule has 0 aromatic heterocycles. The third-order valence-corrected chi connectivity index (χ3v) is 5.67. The molecule has 0 aliphatic carbocycles. The van der Waals surface area contributed by atoms with Gasteiger partial charge in [-0.3, -0.25) is 4.57 Å². The second-order valence-electron chi connectivity index (χ2n) is 4.42. The summed E-state index contributed by atoms with van der Waals surface area (Å²) in [4.78, 5) is 2.35. The molecule has 2 aliphatic heterocycles. The van der Waals surface area contributed by atoms with Crippen molar-refractivity contribution >= 4 is 7.60 Å². The van der Waals surface area contributed by atoms with Gasteiger partial charge in [0.15, 0.2) is 0 Å². The van der Waals surface area contributed by atoms with Gasteiger partial charge in [-0.2, -0.15) is 0 Å². The maximum absolute atomic E-state index is 12.8. The van der Waals surface area contributed by atoms with Crippen LogP contribution in [0.2, 0.25) is 0 Å². The van der Waals surface area contributed by atoms with Gasteiger partial charge in [0.2, 0.25) is 0 Å². The number of hydrogen-bond donors (Lipinski definition) is 0. The third kappa shape index (κ3) is 2.59. The Kier molecular flexibility index (Phi) is 4.29. The van der Waals surface area contributed by atoms with Gasteiger partial charge >= 0.3 is 7.60 Å². The molecule has 2 aliphatic rings. The molecule has 0 saturated carbocycles. The van der Waals surface area contributed by atoms with Crippen LogP contribution in [-0.4, -0.2) is 31.2 Å². The van der Waals surface area contributed by atoms with Crippen molar-refractivity contribution in [2.45, 2.75) is 39.5 Å². The van der Waals surface area contributed by atoms with Crippen LogP contribution < -0.4 is 0 Å². The second-order valence-corrected chi connectivity index (χ2v) is 6.47. The highest BCUT2D eigenvalue weighted by Gasteiger charge is 2.37. The average Bonchev–Trinajstić information content (AvgIpc) is 2.77. The molecule has 0 amide bonds. The first kappa shape index (κ1) is 13.1. The molecule has 0 radical (unpaired) electrons. The molecule has 0 unspecified atom stereocenters.